The van der Waals surface area contributed by atoms with Crippen LogP contribution in [0.4, 0.5) is 22.4 Å². The van der Waals surface area contributed by atoms with Crippen LogP contribution in [0.25, 0.3) is 0 Å². The lowest BCUT2D eigenvalue weighted by atomic mass is 9.86. The van der Waals surface area contributed by atoms with E-state index in [9.17, 15) is 22.4 Å². The highest BCUT2D eigenvalue weighted by atomic mass is 35.5. The zero-order chi connectivity index (χ0) is 25.2. The number of likely N-dealkylation sites (tertiary alicyclic amines) is 1. The molecular formula is C22H18Cl2F4N4O2S. The lowest BCUT2D eigenvalue weighted by Crippen LogP contribution is -2.63. The summed E-state index contributed by atoms with van der Waals surface area (Å²) in [5.41, 5.74) is 1.10. The van der Waals surface area contributed by atoms with Gasteiger partial charge in [0.05, 0.1) is 41.1 Å². The number of pyridine rings is 1. The van der Waals surface area contributed by atoms with Gasteiger partial charge in [0.15, 0.2) is 10.6 Å². The number of benzene rings is 1. The first-order valence-electron chi connectivity index (χ1n) is 10.6. The average Bonchev–Trinajstić information content (AvgIpc) is 3.39. The maximum Gasteiger partial charge on any atom is 0.409 e. The Balaban J connectivity index is 1.40. The van der Waals surface area contributed by atoms with Gasteiger partial charge in [0.25, 0.3) is 0 Å². The average molecular weight is 549 g/mol. The number of urea groups is 1. The summed E-state index contributed by atoms with van der Waals surface area (Å²) in [6.07, 6.45) is -3.67. The molecule has 1 N–H and O–H groups in total. The maximum atomic E-state index is 14.3. The van der Waals surface area contributed by atoms with Gasteiger partial charge < -0.3 is 15.0 Å². The molecule has 1 saturated heterocycles. The second-order valence-electron chi connectivity index (χ2n) is 8.59. The molecule has 35 heavy (non-hydrogen) atoms. The summed E-state index contributed by atoms with van der Waals surface area (Å²) in [6.45, 7) is 3.33. The molecule has 5 rings (SSSR count). The highest BCUT2D eigenvalue weighted by molar-refractivity contribution is 7.99. The Labute approximate surface area is 212 Å². The largest absolute Gasteiger partial charge is 0.409 e. The van der Waals surface area contributed by atoms with Gasteiger partial charge in [-0.25, -0.2) is 13.6 Å². The van der Waals surface area contributed by atoms with Crippen LogP contribution in [0.1, 0.15) is 35.7 Å². The molecule has 2 aromatic rings. The van der Waals surface area contributed by atoms with Crippen LogP contribution < -0.4 is 5.32 Å². The molecule has 2 amide bonds. The van der Waals surface area contributed by atoms with Crippen LogP contribution in [0.3, 0.4) is 0 Å². The molecule has 0 radical (unpaired) electrons. The van der Waals surface area contributed by atoms with Crippen molar-refractivity contribution in [3.63, 3.8) is 0 Å². The fraction of sp³-hybridized carbons (Fsp3) is 0.409. The number of ether oxygens (including phenoxy) is 1. The Morgan fingerprint density at radius 3 is 2.57 bits per heavy atom. The number of rotatable bonds is 3. The third-order valence-corrected chi connectivity index (χ3v) is 8.21. The predicted octanol–water partition coefficient (Wildman–Crippen LogP) is 5.60. The van der Waals surface area contributed by atoms with Crippen molar-refractivity contribution in [3.8, 4) is 0 Å². The van der Waals surface area contributed by atoms with E-state index in [0.29, 0.717) is 37.3 Å². The summed E-state index contributed by atoms with van der Waals surface area (Å²) in [5, 5.41) is 1.75. The molecule has 1 aromatic heterocycles. The van der Waals surface area contributed by atoms with E-state index in [1.54, 1.807) is 17.2 Å². The van der Waals surface area contributed by atoms with Gasteiger partial charge in [-0.1, -0.05) is 23.2 Å². The summed E-state index contributed by atoms with van der Waals surface area (Å²) < 4.78 is 64.5. The molecule has 186 valence electrons. The zero-order valence-electron chi connectivity index (χ0n) is 18.2. The second kappa shape index (κ2) is 8.50. The lowest BCUT2D eigenvalue weighted by Gasteiger charge is -2.47. The summed E-state index contributed by atoms with van der Waals surface area (Å²) in [6, 6.07) is 3.37. The van der Waals surface area contributed by atoms with Gasteiger partial charge in [-0.3, -0.25) is 4.98 Å². The van der Waals surface area contributed by atoms with Crippen LogP contribution in [-0.2, 0) is 21.7 Å². The standard InChI is InChI=1S/C22H18Cl2F4N4O2S/c1-2-29-19(33)32-9-20(10-32)13-7-30-16(3-11(13)8-34-20)17-6-21(35-31-17,22(26,27)28)12-4-14(23)18(25)15(24)5-12/h3-5,7H,2,6,8-10H2,1H3,(H,29,33). The van der Waals surface area contributed by atoms with Crippen molar-refractivity contribution in [1.29, 1.82) is 0 Å². The van der Waals surface area contributed by atoms with E-state index >= 15 is 0 Å². The van der Waals surface area contributed by atoms with Crippen molar-refractivity contribution < 1.29 is 27.1 Å². The fourth-order valence-corrected chi connectivity index (χ4v) is 5.99. The van der Waals surface area contributed by atoms with Crippen LogP contribution in [0.5, 0.6) is 0 Å². The number of fused-ring (bicyclic) bond motifs is 2. The monoisotopic (exact) mass is 548 g/mol. The molecule has 3 aliphatic rings. The molecule has 0 bridgehead atoms. The summed E-state index contributed by atoms with van der Waals surface area (Å²) in [7, 11) is 0. The van der Waals surface area contributed by atoms with Crippen molar-refractivity contribution >= 4 is 46.9 Å². The van der Waals surface area contributed by atoms with E-state index in [4.69, 9.17) is 27.9 Å². The van der Waals surface area contributed by atoms with Crippen LogP contribution >= 0.6 is 35.1 Å². The number of alkyl halides is 3. The van der Waals surface area contributed by atoms with Gasteiger partial charge in [-0.15, -0.1) is 0 Å². The first-order chi connectivity index (χ1) is 16.5. The van der Waals surface area contributed by atoms with E-state index in [1.807, 2.05) is 6.92 Å². The topological polar surface area (TPSA) is 66.8 Å². The number of hydrogen-bond donors (Lipinski definition) is 1. The number of amides is 2. The number of carbonyl (C=O) groups is 1. The molecule has 6 nitrogen and oxygen atoms in total. The van der Waals surface area contributed by atoms with E-state index in [-0.39, 0.29) is 23.9 Å². The molecule has 1 spiro atoms. The molecule has 1 atom stereocenters. The zero-order valence-corrected chi connectivity index (χ0v) is 20.5. The van der Waals surface area contributed by atoms with Crippen molar-refractivity contribution in [2.75, 3.05) is 19.6 Å². The highest BCUT2D eigenvalue weighted by Gasteiger charge is 2.60. The summed E-state index contributed by atoms with van der Waals surface area (Å²) >= 11 is 11.9. The number of halogens is 6. The lowest BCUT2D eigenvalue weighted by molar-refractivity contribution is -0.159. The normalized spacial score (nSPS) is 22.7. The van der Waals surface area contributed by atoms with E-state index < -0.39 is 38.8 Å². The number of hydrogen-bond acceptors (Lipinski definition) is 5. The van der Waals surface area contributed by atoms with Crippen LogP contribution in [0.15, 0.2) is 28.8 Å². The Kier molecular flexibility index (Phi) is 5.98. The molecule has 4 heterocycles. The molecule has 3 aliphatic heterocycles. The molecule has 1 unspecified atom stereocenters. The Bertz CT molecular complexity index is 1230. The van der Waals surface area contributed by atoms with Gasteiger partial charge in [-0.05, 0) is 48.2 Å². The number of nitrogens with one attached hydrogen (secondary N) is 1. The summed E-state index contributed by atoms with van der Waals surface area (Å²) in [4.78, 5) is 18.0. The van der Waals surface area contributed by atoms with Crippen molar-refractivity contribution in [2.24, 2.45) is 4.40 Å². The van der Waals surface area contributed by atoms with Crippen molar-refractivity contribution in [1.82, 2.24) is 15.2 Å². The molecule has 0 saturated carbocycles. The number of nitrogens with zero attached hydrogens (tertiary/aromatic N) is 3. The van der Waals surface area contributed by atoms with Gasteiger partial charge in [0.1, 0.15) is 5.60 Å². The third-order valence-electron chi connectivity index (χ3n) is 6.42. The predicted molar refractivity (Wildman–Crippen MR) is 124 cm³/mol. The van der Waals surface area contributed by atoms with Gasteiger partial charge in [0, 0.05) is 24.7 Å². The van der Waals surface area contributed by atoms with E-state index in [1.165, 1.54) is 0 Å². The summed E-state index contributed by atoms with van der Waals surface area (Å²) in [5.74, 6) is -0.977. The number of carbonyl (C=O) groups excluding carboxylic acids is 1. The quantitative estimate of drug-likeness (QED) is 0.308. The van der Waals surface area contributed by atoms with E-state index in [2.05, 4.69) is 14.7 Å². The van der Waals surface area contributed by atoms with Crippen LogP contribution in [-0.4, -0.2) is 47.4 Å². The smallest absolute Gasteiger partial charge is 0.362 e. The Morgan fingerprint density at radius 2 is 1.94 bits per heavy atom. The molecule has 1 aromatic carbocycles. The fourth-order valence-electron chi connectivity index (χ4n) is 4.55. The first-order valence-corrected chi connectivity index (χ1v) is 12.2. The third kappa shape index (κ3) is 3.87. The highest BCUT2D eigenvalue weighted by Crippen LogP contribution is 2.57. The van der Waals surface area contributed by atoms with Gasteiger partial charge in [-0.2, -0.15) is 13.2 Å². The van der Waals surface area contributed by atoms with Gasteiger partial charge >= 0.3 is 12.2 Å². The van der Waals surface area contributed by atoms with E-state index in [0.717, 1.165) is 23.3 Å². The minimum Gasteiger partial charge on any atom is -0.362 e. The van der Waals surface area contributed by atoms with Crippen molar-refractivity contribution in [3.05, 3.63) is 62.6 Å². The van der Waals surface area contributed by atoms with Gasteiger partial charge in [0.2, 0.25) is 0 Å². The Hall–Kier alpha value is -2.08. The first kappa shape index (κ1) is 24.6. The second-order valence-corrected chi connectivity index (χ2v) is 10.5. The molecule has 0 aliphatic carbocycles. The minimum atomic E-state index is -4.73. The van der Waals surface area contributed by atoms with Crippen LogP contribution in [0.2, 0.25) is 10.0 Å². The molecule has 13 heteroatoms. The van der Waals surface area contributed by atoms with Crippen LogP contribution in [0, 0.1) is 5.82 Å². The SMILES string of the molecule is CCNC(=O)N1CC2(C1)OCc1cc(C3=NSC(c4cc(Cl)c(F)c(Cl)c4)(C(F)(F)F)C3)ncc12. The Morgan fingerprint density at radius 1 is 1.26 bits per heavy atom. The minimum absolute atomic E-state index is 0.144. The van der Waals surface area contributed by atoms with Crippen molar-refractivity contribution in [2.45, 2.75) is 36.5 Å². The molecular weight excluding hydrogens is 531 g/mol. The molecule has 1 fully saturated rings. The maximum absolute atomic E-state index is 14.3. The number of aromatic nitrogens is 1.